The molecular weight excluding hydrogens is 320 g/mol. The van der Waals surface area contributed by atoms with E-state index in [-0.39, 0.29) is 18.7 Å². The monoisotopic (exact) mass is 344 g/mol. The number of aromatic nitrogens is 2. The third kappa shape index (κ3) is 3.76. The third-order valence-electron chi connectivity index (χ3n) is 4.25. The molecule has 1 atom stereocenters. The maximum absolute atomic E-state index is 12.7. The summed E-state index contributed by atoms with van der Waals surface area (Å²) in [5, 5.41) is 3.02. The Hall–Kier alpha value is -2.54. The standard InChI is InChI=1S/C18H24N4O3/c1-4-16-19-7-9-22(16)10-8-20-18(23)17(21(2)3)13-5-6-14-15(11-13)25-12-24-14/h5-7,9,11,17H,4,8,10,12H2,1-3H3,(H,20,23)/t17-/m0/s1. The number of hydrogen-bond acceptors (Lipinski definition) is 5. The molecule has 1 aliphatic rings. The minimum absolute atomic E-state index is 0.0398. The molecule has 0 saturated carbocycles. The Kier molecular flexibility index (Phi) is 5.23. The Bertz CT molecular complexity index is 742. The first kappa shape index (κ1) is 17.3. The molecule has 1 aromatic heterocycles. The van der Waals surface area contributed by atoms with E-state index >= 15 is 0 Å². The van der Waals surface area contributed by atoms with Crippen LogP contribution in [0.4, 0.5) is 0 Å². The molecule has 1 aromatic carbocycles. The molecule has 0 aliphatic carbocycles. The van der Waals surface area contributed by atoms with Crippen LogP contribution in [0.1, 0.15) is 24.4 Å². The van der Waals surface area contributed by atoms with Gasteiger partial charge in [-0.25, -0.2) is 4.98 Å². The van der Waals surface area contributed by atoms with Crippen molar-refractivity contribution in [3.8, 4) is 11.5 Å². The number of carbonyl (C=O) groups excluding carboxylic acids is 1. The Morgan fingerprint density at radius 2 is 2.16 bits per heavy atom. The van der Waals surface area contributed by atoms with Crippen LogP contribution in [-0.2, 0) is 17.8 Å². The van der Waals surface area contributed by atoms with Gasteiger partial charge in [-0.1, -0.05) is 13.0 Å². The van der Waals surface area contributed by atoms with Crippen LogP contribution >= 0.6 is 0 Å². The number of ether oxygens (including phenoxy) is 2. The molecular formula is C18H24N4O3. The van der Waals surface area contributed by atoms with Crippen LogP contribution in [0.3, 0.4) is 0 Å². The molecule has 3 rings (SSSR count). The van der Waals surface area contributed by atoms with Crippen molar-refractivity contribution >= 4 is 5.91 Å². The Morgan fingerprint density at radius 1 is 1.36 bits per heavy atom. The second-order valence-electron chi connectivity index (χ2n) is 6.16. The smallest absolute Gasteiger partial charge is 0.242 e. The molecule has 7 heteroatoms. The molecule has 0 unspecified atom stereocenters. The minimum atomic E-state index is -0.386. The van der Waals surface area contributed by atoms with Gasteiger partial charge in [0, 0.05) is 31.9 Å². The highest BCUT2D eigenvalue weighted by Crippen LogP contribution is 2.35. The fourth-order valence-electron chi connectivity index (χ4n) is 3.02. The van der Waals surface area contributed by atoms with Crippen molar-refractivity contribution in [1.82, 2.24) is 19.8 Å². The first-order valence-electron chi connectivity index (χ1n) is 8.44. The largest absolute Gasteiger partial charge is 0.454 e. The average Bonchev–Trinajstić information content (AvgIpc) is 3.22. The van der Waals surface area contributed by atoms with E-state index in [2.05, 4.69) is 21.8 Å². The van der Waals surface area contributed by atoms with E-state index in [0.29, 0.717) is 24.6 Å². The lowest BCUT2D eigenvalue weighted by molar-refractivity contribution is -0.125. The highest BCUT2D eigenvalue weighted by Gasteiger charge is 2.25. The van der Waals surface area contributed by atoms with Crippen molar-refractivity contribution in [2.45, 2.75) is 25.9 Å². The molecule has 2 aromatic rings. The number of fused-ring (bicyclic) bond motifs is 1. The third-order valence-corrected chi connectivity index (χ3v) is 4.25. The number of aryl methyl sites for hydroxylation is 1. The van der Waals surface area contributed by atoms with E-state index in [1.165, 1.54) is 0 Å². The van der Waals surface area contributed by atoms with E-state index in [0.717, 1.165) is 17.8 Å². The average molecular weight is 344 g/mol. The summed E-state index contributed by atoms with van der Waals surface area (Å²) in [6.45, 7) is 3.55. The topological polar surface area (TPSA) is 68.6 Å². The minimum Gasteiger partial charge on any atom is -0.454 e. The van der Waals surface area contributed by atoms with E-state index in [1.807, 2.05) is 43.4 Å². The molecule has 1 amide bonds. The number of imidazole rings is 1. The molecule has 134 valence electrons. The van der Waals surface area contributed by atoms with Crippen LogP contribution in [0.2, 0.25) is 0 Å². The van der Waals surface area contributed by atoms with Crippen molar-refractivity contribution in [1.29, 1.82) is 0 Å². The van der Waals surface area contributed by atoms with Gasteiger partial charge in [-0.15, -0.1) is 0 Å². The summed E-state index contributed by atoms with van der Waals surface area (Å²) < 4.78 is 12.8. The highest BCUT2D eigenvalue weighted by molar-refractivity contribution is 5.83. The van der Waals surface area contributed by atoms with Crippen molar-refractivity contribution in [2.75, 3.05) is 27.4 Å². The molecule has 25 heavy (non-hydrogen) atoms. The number of benzene rings is 1. The zero-order valence-electron chi connectivity index (χ0n) is 14.9. The van der Waals surface area contributed by atoms with Gasteiger partial charge in [0.15, 0.2) is 11.5 Å². The quantitative estimate of drug-likeness (QED) is 0.826. The number of amides is 1. The second-order valence-corrected chi connectivity index (χ2v) is 6.16. The molecule has 1 aliphatic heterocycles. The Morgan fingerprint density at radius 3 is 2.92 bits per heavy atom. The van der Waals surface area contributed by atoms with E-state index < -0.39 is 0 Å². The van der Waals surface area contributed by atoms with Crippen LogP contribution in [0.25, 0.3) is 0 Å². The lowest BCUT2D eigenvalue weighted by Gasteiger charge is -2.24. The van der Waals surface area contributed by atoms with Gasteiger partial charge < -0.3 is 19.4 Å². The zero-order valence-corrected chi connectivity index (χ0v) is 14.9. The first-order valence-corrected chi connectivity index (χ1v) is 8.44. The summed E-state index contributed by atoms with van der Waals surface area (Å²) in [5.74, 6) is 2.38. The zero-order chi connectivity index (χ0) is 17.8. The van der Waals surface area contributed by atoms with Gasteiger partial charge in [0.05, 0.1) is 0 Å². The molecule has 0 fully saturated rings. The van der Waals surface area contributed by atoms with Gasteiger partial charge >= 0.3 is 0 Å². The molecule has 7 nitrogen and oxygen atoms in total. The summed E-state index contributed by atoms with van der Waals surface area (Å²) in [5.41, 5.74) is 0.878. The van der Waals surface area contributed by atoms with Gasteiger partial charge in [-0.05, 0) is 31.8 Å². The van der Waals surface area contributed by atoms with Crippen molar-refractivity contribution < 1.29 is 14.3 Å². The predicted molar refractivity (Wildman–Crippen MR) is 93.6 cm³/mol. The normalized spacial score (nSPS) is 13.9. The van der Waals surface area contributed by atoms with Crippen LogP contribution < -0.4 is 14.8 Å². The van der Waals surface area contributed by atoms with Gasteiger partial charge in [-0.3, -0.25) is 9.69 Å². The Labute approximate surface area is 147 Å². The number of hydrogen-bond donors (Lipinski definition) is 1. The van der Waals surface area contributed by atoms with Crippen LogP contribution in [0.15, 0.2) is 30.6 Å². The van der Waals surface area contributed by atoms with Crippen LogP contribution in [0.5, 0.6) is 11.5 Å². The number of rotatable bonds is 7. The maximum atomic E-state index is 12.7. The van der Waals surface area contributed by atoms with Crippen LogP contribution in [0, 0.1) is 0 Å². The number of carbonyl (C=O) groups is 1. The van der Waals surface area contributed by atoms with E-state index in [4.69, 9.17) is 9.47 Å². The highest BCUT2D eigenvalue weighted by atomic mass is 16.7. The molecule has 0 saturated heterocycles. The molecule has 0 spiro atoms. The van der Waals surface area contributed by atoms with E-state index in [1.54, 1.807) is 6.20 Å². The molecule has 0 bridgehead atoms. The van der Waals surface area contributed by atoms with Crippen molar-refractivity contribution in [2.24, 2.45) is 0 Å². The Balaban J connectivity index is 1.65. The molecule has 0 radical (unpaired) electrons. The molecule has 2 heterocycles. The summed E-state index contributed by atoms with van der Waals surface area (Å²) in [6.07, 6.45) is 4.60. The van der Waals surface area contributed by atoms with Crippen LogP contribution in [-0.4, -0.2) is 47.8 Å². The molecule has 1 N–H and O–H groups in total. The first-order chi connectivity index (χ1) is 12.1. The number of likely N-dealkylation sites (N-methyl/N-ethyl adjacent to an activating group) is 1. The summed E-state index contributed by atoms with van der Waals surface area (Å²) in [4.78, 5) is 18.9. The summed E-state index contributed by atoms with van der Waals surface area (Å²) in [6, 6.07) is 5.24. The summed E-state index contributed by atoms with van der Waals surface area (Å²) >= 11 is 0. The second kappa shape index (κ2) is 7.57. The lowest BCUT2D eigenvalue weighted by atomic mass is 10.0. The van der Waals surface area contributed by atoms with Gasteiger partial charge in [-0.2, -0.15) is 0 Å². The van der Waals surface area contributed by atoms with Crippen molar-refractivity contribution in [3.05, 3.63) is 42.0 Å². The van der Waals surface area contributed by atoms with Gasteiger partial charge in [0.2, 0.25) is 12.7 Å². The van der Waals surface area contributed by atoms with Gasteiger partial charge in [0.25, 0.3) is 0 Å². The SMILES string of the molecule is CCc1nccn1CCNC(=O)[C@H](c1ccc2c(c1)OCO2)N(C)C. The number of nitrogens with one attached hydrogen (secondary N) is 1. The fourth-order valence-corrected chi connectivity index (χ4v) is 3.02. The van der Waals surface area contributed by atoms with Gasteiger partial charge in [0.1, 0.15) is 11.9 Å². The maximum Gasteiger partial charge on any atom is 0.242 e. The fraction of sp³-hybridized carbons (Fsp3) is 0.444. The number of nitrogens with zero attached hydrogens (tertiary/aromatic N) is 3. The lowest BCUT2D eigenvalue weighted by Crippen LogP contribution is -2.38. The summed E-state index contributed by atoms with van der Waals surface area (Å²) in [7, 11) is 3.78. The predicted octanol–water partition coefficient (Wildman–Crippen LogP) is 1.59. The van der Waals surface area contributed by atoms with E-state index in [9.17, 15) is 4.79 Å². The van der Waals surface area contributed by atoms with Crippen molar-refractivity contribution in [3.63, 3.8) is 0 Å².